The fourth-order valence-electron chi connectivity index (χ4n) is 1.98. The molecule has 0 bridgehead atoms. The lowest BCUT2D eigenvalue weighted by molar-refractivity contribution is -0.400. The minimum absolute atomic E-state index is 0.207. The Kier molecular flexibility index (Phi) is 4.04. The van der Waals surface area contributed by atoms with E-state index in [4.69, 9.17) is 11.6 Å². The number of halogens is 7. The smallest absolute Gasteiger partial charge is 0.423 e. The van der Waals surface area contributed by atoms with Gasteiger partial charge < -0.3 is 4.74 Å². The number of alkyl halides is 7. The van der Waals surface area contributed by atoms with Gasteiger partial charge in [0.2, 0.25) is 0 Å². The van der Waals surface area contributed by atoms with E-state index in [9.17, 15) is 31.1 Å². The predicted octanol–water partition coefficient (Wildman–Crippen LogP) is 2.89. The quantitative estimate of drug-likeness (QED) is 0.340. The summed E-state index contributed by atoms with van der Waals surface area (Å²) in [5.74, 6) is -2.41. The van der Waals surface area contributed by atoms with Gasteiger partial charge in [-0.2, -0.15) is 26.3 Å². The first kappa shape index (κ1) is 16.4. The number of ether oxygens (including phenoxy) is 1. The van der Waals surface area contributed by atoms with Gasteiger partial charge in [-0.25, -0.2) is 4.90 Å². The summed E-state index contributed by atoms with van der Waals surface area (Å²) < 4.78 is 80.9. The number of nitrogens with zero attached hydrogens (tertiary/aromatic N) is 1. The maximum atomic E-state index is 12.9. The van der Waals surface area contributed by atoms with Crippen molar-refractivity contribution in [1.29, 1.82) is 0 Å². The summed E-state index contributed by atoms with van der Waals surface area (Å²) in [5.41, 5.74) is -4.69. The van der Waals surface area contributed by atoms with E-state index in [-0.39, 0.29) is 4.90 Å². The number of rotatable bonds is 2. The molecule has 3 nitrogen and oxygen atoms in total. The van der Waals surface area contributed by atoms with Gasteiger partial charge in [0.25, 0.3) is 0 Å². The second-order valence-electron chi connectivity index (χ2n) is 4.34. The molecular formula is C9H10ClF6NO2. The fraction of sp³-hybridized carbons (Fsp3) is 0.889. The van der Waals surface area contributed by atoms with Crippen LogP contribution < -0.4 is 0 Å². The molecule has 1 aliphatic heterocycles. The third-order valence-electron chi connectivity index (χ3n) is 2.76. The van der Waals surface area contributed by atoms with Crippen molar-refractivity contribution in [2.45, 2.75) is 38.0 Å². The van der Waals surface area contributed by atoms with Crippen molar-refractivity contribution < 1.29 is 35.9 Å². The van der Waals surface area contributed by atoms with Gasteiger partial charge in [0.15, 0.2) is 0 Å². The summed E-state index contributed by atoms with van der Waals surface area (Å²) >= 11 is 5.20. The molecule has 19 heavy (non-hydrogen) atoms. The van der Waals surface area contributed by atoms with Gasteiger partial charge in [0.05, 0.1) is 6.00 Å². The van der Waals surface area contributed by atoms with Crippen molar-refractivity contribution in [2.24, 2.45) is 5.92 Å². The standard InChI is InChI=1S/C9H10ClF6NO2/c1-4(2)5-6(18)19-7(8(11,12)13,9(14,15)16)17(5)3-10/h4-5H,3H2,1-2H3. The molecule has 0 spiro atoms. The number of esters is 1. The van der Waals surface area contributed by atoms with E-state index >= 15 is 0 Å². The molecule has 1 heterocycles. The Hall–Kier alpha value is -0.700. The lowest BCUT2D eigenvalue weighted by atomic mass is 10.0. The first-order valence-corrected chi connectivity index (χ1v) is 5.62. The molecule has 1 rings (SSSR count). The van der Waals surface area contributed by atoms with Gasteiger partial charge in [-0.3, -0.25) is 4.79 Å². The summed E-state index contributed by atoms with van der Waals surface area (Å²) in [6.45, 7) is 2.60. The van der Waals surface area contributed by atoms with E-state index in [1.807, 2.05) is 0 Å². The van der Waals surface area contributed by atoms with Crippen LogP contribution in [0.5, 0.6) is 0 Å². The minimum Gasteiger partial charge on any atom is -0.423 e. The van der Waals surface area contributed by atoms with Gasteiger partial charge in [0, 0.05) is 0 Å². The molecule has 1 saturated heterocycles. The van der Waals surface area contributed by atoms with Crippen LogP contribution in [0, 0.1) is 5.92 Å². The molecule has 0 radical (unpaired) electrons. The molecule has 112 valence electrons. The average molecular weight is 314 g/mol. The highest BCUT2D eigenvalue weighted by Crippen LogP contribution is 2.52. The van der Waals surface area contributed by atoms with Gasteiger partial charge in [-0.1, -0.05) is 13.8 Å². The molecule has 0 aliphatic carbocycles. The SMILES string of the molecule is CC(C)C1C(=O)OC(C(F)(F)F)(C(F)(F)F)N1CCl. The lowest BCUT2D eigenvalue weighted by Gasteiger charge is -2.38. The molecule has 0 aromatic carbocycles. The Balaban J connectivity index is 3.46. The number of carbonyl (C=O) groups excluding carboxylic acids is 1. The van der Waals surface area contributed by atoms with Crippen molar-refractivity contribution in [3.8, 4) is 0 Å². The van der Waals surface area contributed by atoms with Gasteiger partial charge in [-0.05, 0) is 5.92 Å². The molecule has 0 aromatic rings. The molecule has 1 fully saturated rings. The van der Waals surface area contributed by atoms with E-state index < -0.39 is 42.0 Å². The molecule has 1 unspecified atom stereocenters. The minimum atomic E-state index is -5.85. The molecular weight excluding hydrogens is 304 g/mol. The average Bonchev–Trinajstić information content (AvgIpc) is 2.49. The second-order valence-corrected chi connectivity index (χ2v) is 4.58. The van der Waals surface area contributed by atoms with Crippen LogP contribution in [0.4, 0.5) is 26.3 Å². The largest absolute Gasteiger partial charge is 0.453 e. The van der Waals surface area contributed by atoms with Crippen molar-refractivity contribution in [1.82, 2.24) is 4.90 Å². The van der Waals surface area contributed by atoms with E-state index in [1.165, 1.54) is 13.8 Å². The first-order chi connectivity index (χ1) is 8.40. The highest BCUT2D eigenvalue weighted by atomic mass is 35.5. The van der Waals surface area contributed by atoms with Crippen molar-refractivity contribution in [3.05, 3.63) is 0 Å². The zero-order chi connectivity index (χ0) is 15.2. The summed E-state index contributed by atoms with van der Waals surface area (Å²) in [6, 6.07) is -2.85. The maximum absolute atomic E-state index is 12.9. The number of cyclic esters (lactones) is 1. The summed E-state index contributed by atoms with van der Waals surface area (Å²) in [6.07, 6.45) is -11.7. The third-order valence-corrected chi connectivity index (χ3v) is 3.02. The van der Waals surface area contributed by atoms with Gasteiger partial charge in [0.1, 0.15) is 6.04 Å². The Morgan fingerprint density at radius 1 is 1.26 bits per heavy atom. The lowest BCUT2D eigenvalue weighted by Crippen LogP contribution is -2.66. The highest BCUT2D eigenvalue weighted by molar-refractivity contribution is 6.17. The van der Waals surface area contributed by atoms with Crippen molar-refractivity contribution in [3.63, 3.8) is 0 Å². The molecule has 1 atom stereocenters. The van der Waals surface area contributed by atoms with Crippen LogP contribution in [-0.2, 0) is 9.53 Å². The molecule has 0 saturated carbocycles. The Bertz CT molecular complexity index is 353. The maximum Gasteiger partial charge on any atom is 0.453 e. The number of carbonyl (C=O) groups is 1. The zero-order valence-electron chi connectivity index (χ0n) is 9.77. The molecule has 10 heteroatoms. The van der Waals surface area contributed by atoms with Crippen LogP contribution in [-0.4, -0.2) is 41.0 Å². The summed E-state index contributed by atoms with van der Waals surface area (Å²) in [4.78, 5) is 11.2. The van der Waals surface area contributed by atoms with Crippen molar-refractivity contribution in [2.75, 3.05) is 6.00 Å². The summed E-state index contributed by atoms with van der Waals surface area (Å²) in [7, 11) is 0. The van der Waals surface area contributed by atoms with Crippen LogP contribution in [0.2, 0.25) is 0 Å². The van der Waals surface area contributed by atoms with Crippen molar-refractivity contribution >= 4 is 17.6 Å². The summed E-state index contributed by atoms with van der Waals surface area (Å²) in [5, 5.41) is 0. The molecule has 0 N–H and O–H groups in total. The van der Waals surface area contributed by atoms with Crippen LogP contribution in [0.25, 0.3) is 0 Å². The van der Waals surface area contributed by atoms with E-state index in [2.05, 4.69) is 4.74 Å². The topological polar surface area (TPSA) is 29.5 Å². The number of hydrogen-bond acceptors (Lipinski definition) is 3. The molecule has 1 aliphatic rings. The zero-order valence-corrected chi connectivity index (χ0v) is 10.5. The Morgan fingerprint density at radius 2 is 1.68 bits per heavy atom. The second kappa shape index (κ2) is 4.69. The normalized spacial score (nSPS) is 24.9. The van der Waals surface area contributed by atoms with Crippen LogP contribution in [0.15, 0.2) is 0 Å². The van der Waals surface area contributed by atoms with Crippen LogP contribution >= 0.6 is 11.6 Å². The highest BCUT2D eigenvalue weighted by Gasteiger charge is 2.81. The molecule has 0 aromatic heterocycles. The Labute approximate surface area is 109 Å². The predicted molar refractivity (Wildman–Crippen MR) is 52.1 cm³/mol. The van der Waals surface area contributed by atoms with E-state index in [1.54, 1.807) is 0 Å². The third kappa shape index (κ3) is 2.26. The van der Waals surface area contributed by atoms with Crippen LogP contribution in [0.1, 0.15) is 13.8 Å². The monoisotopic (exact) mass is 313 g/mol. The van der Waals surface area contributed by atoms with Gasteiger partial charge in [-0.15, -0.1) is 11.6 Å². The Morgan fingerprint density at radius 3 is 1.95 bits per heavy atom. The first-order valence-electron chi connectivity index (χ1n) is 5.09. The van der Waals surface area contributed by atoms with Crippen LogP contribution in [0.3, 0.4) is 0 Å². The van der Waals surface area contributed by atoms with E-state index in [0.29, 0.717) is 0 Å². The van der Waals surface area contributed by atoms with Gasteiger partial charge >= 0.3 is 24.0 Å². The number of hydrogen-bond donors (Lipinski definition) is 0. The molecule has 0 amide bonds. The fourth-order valence-corrected chi connectivity index (χ4v) is 2.30. The van der Waals surface area contributed by atoms with E-state index in [0.717, 1.165) is 0 Å².